The van der Waals surface area contributed by atoms with Crippen molar-refractivity contribution in [2.75, 3.05) is 0 Å². The van der Waals surface area contributed by atoms with E-state index >= 15 is 0 Å². The van der Waals surface area contributed by atoms with Crippen molar-refractivity contribution in [2.45, 2.75) is 44.9 Å². The summed E-state index contributed by atoms with van der Waals surface area (Å²) in [6.45, 7) is 2.14. The van der Waals surface area contributed by atoms with E-state index in [4.69, 9.17) is 0 Å². The number of hydrogen-bond acceptors (Lipinski definition) is 1. The van der Waals surface area contributed by atoms with E-state index < -0.39 is 17.7 Å². The lowest BCUT2D eigenvalue weighted by atomic mass is 9.78. The summed E-state index contributed by atoms with van der Waals surface area (Å²) in [7, 11) is 0. The lowest BCUT2D eigenvalue weighted by Crippen LogP contribution is -2.15. The van der Waals surface area contributed by atoms with Gasteiger partial charge in [0.05, 0.1) is 0 Å². The molecule has 94 valence electrons. The highest BCUT2D eigenvalue weighted by Gasteiger charge is 2.25. The van der Waals surface area contributed by atoms with E-state index in [1.165, 1.54) is 0 Å². The summed E-state index contributed by atoms with van der Waals surface area (Å²) in [5, 5.41) is 0. The molecule has 1 aliphatic rings. The van der Waals surface area contributed by atoms with Crippen LogP contribution in [0.3, 0.4) is 0 Å². The van der Waals surface area contributed by atoms with E-state index in [1.807, 2.05) is 0 Å². The van der Waals surface area contributed by atoms with Crippen LogP contribution >= 0.6 is 0 Å². The average Bonchev–Trinajstić information content (AvgIpc) is 2.34. The normalized spacial score (nSPS) is 24.9. The number of pyridine rings is 1. The highest BCUT2D eigenvalue weighted by Crippen LogP contribution is 2.37. The van der Waals surface area contributed by atoms with Crippen molar-refractivity contribution >= 4 is 0 Å². The number of nitrogens with zero attached hydrogens (tertiary/aromatic N) is 1. The first-order chi connectivity index (χ1) is 8.11. The molecule has 0 N–H and O–H groups in total. The molecule has 0 aliphatic heterocycles. The lowest BCUT2D eigenvalue weighted by molar-refractivity contribution is 0.310. The fourth-order valence-electron chi connectivity index (χ4n) is 2.63. The Kier molecular flexibility index (Phi) is 3.69. The third kappa shape index (κ3) is 2.61. The number of halogens is 3. The molecule has 1 fully saturated rings. The lowest BCUT2D eigenvalue weighted by Gasteiger charge is -2.27. The molecule has 0 atom stereocenters. The summed E-state index contributed by atoms with van der Waals surface area (Å²) in [6, 6.07) is 0.967. The van der Waals surface area contributed by atoms with Crippen LogP contribution in [-0.4, -0.2) is 4.98 Å². The van der Waals surface area contributed by atoms with Gasteiger partial charge in [-0.1, -0.05) is 13.3 Å². The Balaban J connectivity index is 2.16. The Morgan fingerprint density at radius 3 is 2.35 bits per heavy atom. The molecule has 1 heterocycles. The molecule has 2 rings (SSSR count). The molecule has 0 spiro atoms. The molecule has 0 unspecified atom stereocenters. The van der Waals surface area contributed by atoms with Gasteiger partial charge in [-0.3, -0.25) is 0 Å². The maximum absolute atomic E-state index is 13.5. The topological polar surface area (TPSA) is 12.9 Å². The van der Waals surface area contributed by atoms with Crippen LogP contribution in [0.15, 0.2) is 6.07 Å². The van der Waals surface area contributed by atoms with Crippen LogP contribution in [0.2, 0.25) is 0 Å². The van der Waals surface area contributed by atoms with Gasteiger partial charge in [0, 0.05) is 5.56 Å². The second-order valence-corrected chi connectivity index (χ2v) is 4.77. The largest absolute Gasteiger partial charge is 0.251 e. The highest BCUT2D eigenvalue weighted by atomic mass is 19.2. The molecule has 4 heteroatoms. The van der Waals surface area contributed by atoms with Crippen molar-refractivity contribution in [2.24, 2.45) is 5.92 Å². The SMILES string of the molecule is CCC1CCC(c2cc(F)c(F)nc2F)CC1. The van der Waals surface area contributed by atoms with Crippen LogP contribution in [0.4, 0.5) is 13.2 Å². The van der Waals surface area contributed by atoms with Crippen LogP contribution in [0.5, 0.6) is 0 Å². The first-order valence-electron chi connectivity index (χ1n) is 6.13. The van der Waals surface area contributed by atoms with Gasteiger partial charge < -0.3 is 0 Å². The Morgan fingerprint density at radius 2 is 1.76 bits per heavy atom. The summed E-state index contributed by atoms with van der Waals surface area (Å²) in [4.78, 5) is 2.98. The van der Waals surface area contributed by atoms with Gasteiger partial charge >= 0.3 is 0 Å². The van der Waals surface area contributed by atoms with Crippen molar-refractivity contribution in [3.05, 3.63) is 29.3 Å². The number of aromatic nitrogens is 1. The first kappa shape index (κ1) is 12.4. The van der Waals surface area contributed by atoms with E-state index in [2.05, 4.69) is 11.9 Å². The molecule has 0 bridgehead atoms. The van der Waals surface area contributed by atoms with Gasteiger partial charge in [-0.25, -0.2) is 4.39 Å². The zero-order valence-electron chi connectivity index (χ0n) is 9.85. The monoisotopic (exact) mass is 243 g/mol. The van der Waals surface area contributed by atoms with Crippen LogP contribution in [-0.2, 0) is 0 Å². The van der Waals surface area contributed by atoms with Gasteiger partial charge in [-0.2, -0.15) is 13.8 Å². The summed E-state index contributed by atoms with van der Waals surface area (Å²) < 4.78 is 39.2. The molecule has 0 aromatic carbocycles. The van der Waals surface area contributed by atoms with E-state index in [0.29, 0.717) is 5.92 Å². The maximum Gasteiger partial charge on any atom is 0.251 e. The van der Waals surface area contributed by atoms with Crippen molar-refractivity contribution < 1.29 is 13.2 Å². The molecule has 0 radical (unpaired) electrons. The molecule has 0 saturated heterocycles. The predicted octanol–water partition coefficient (Wildman–Crippen LogP) is 4.18. The Morgan fingerprint density at radius 1 is 1.12 bits per heavy atom. The number of rotatable bonds is 2. The predicted molar refractivity (Wildman–Crippen MR) is 59.1 cm³/mol. The van der Waals surface area contributed by atoms with E-state index in [9.17, 15) is 13.2 Å². The molecular weight excluding hydrogens is 227 g/mol. The van der Waals surface area contributed by atoms with Crippen molar-refractivity contribution in [3.8, 4) is 0 Å². The van der Waals surface area contributed by atoms with Gasteiger partial charge in [-0.05, 0) is 43.6 Å². The third-order valence-corrected chi connectivity index (χ3v) is 3.78. The highest BCUT2D eigenvalue weighted by molar-refractivity contribution is 5.18. The second kappa shape index (κ2) is 5.07. The average molecular weight is 243 g/mol. The summed E-state index contributed by atoms with van der Waals surface area (Å²) in [5.74, 6) is -2.59. The maximum atomic E-state index is 13.5. The molecule has 0 amide bonds. The van der Waals surface area contributed by atoms with Gasteiger partial charge in [0.15, 0.2) is 5.82 Å². The van der Waals surface area contributed by atoms with Gasteiger partial charge in [0.2, 0.25) is 5.95 Å². The summed E-state index contributed by atoms with van der Waals surface area (Å²) in [6.07, 6.45) is 4.86. The zero-order chi connectivity index (χ0) is 12.4. The van der Waals surface area contributed by atoms with Crippen LogP contribution in [0.25, 0.3) is 0 Å². The second-order valence-electron chi connectivity index (χ2n) is 4.77. The van der Waals surface area contributed by atoms with E-state index in [1.54, 1.807) is 0 Å². The van der Waals surface area contributed by atoms with E-state index in [0.717, 1.165) is 38.2 Å². The van der Waals surface area contributed by atoms with Crippen molar-refractivity contribution in [3.63, 3.8) is 0 Å². The zero-order valence-corrected chi connectivity index (χ0v) is 9.85. The van der Waals surface area contributed by atoms with Crippen molar-refractivity contribution in [1.82, 2.24) is 4.98 Å². The molecule has 1 nitrogen and oxygen atoms in total. The van der Waals surface area contributed by atoms with Gasteiger partial charge in [-0.15, -0.1) is 0 Å². The minimum absolute atomic E-state index is 0.0135. The fourth-order valence-corrected chi connectivity index (χ4v) is 2.63. The molecule has 1 saturated carbocycles. The summed E-state index contributed by atoms with van der Waals surface area (Å²) in [5.41, 5.74) is 0.235. The van der Waals surface area contributed by atoms with Crippen LogP contribution in [0, 0.1) is 23.6 Å². The van der Waals surface area contributed by atoms with Crippen LogP contribution in [0.1, 0.15) is 50.5 Å². The molecule has 1 aliphatic carbocycles. The number of hydrogen-bond donors (Lipinski definition) is 0. The van der Waals surface area contributed by atoms with Gasteiger partial charge in [0.1, 0.15) is 0 Å². The Bertz CT molecular complexity index is 398. The first-order valence-corrected chi connectivity index (χ1v) is 6.13. The third-order valence-electron chi connectivity index (χ3n) is 3.78. The standard InChI is InChI=1S/C13H16F3N/c1-2-8-3-5-9(6-4-8)10-7-11(14)13(16)17-12(10)15/h7-9H,2-6H2,1H3. The fraction of sp³-hybridized carbons (Fsp3) is 0.615. The Hall–Kier alpha value is -1.06. The smallest absolute Gasteiger partial charge is 0.202 e. The minimum atomic E-state index is -1.35. The quantitative estimate of drug-likeness (QED) is 0.710. The minimum Gasteiger partial charge on any atom is -0.202 e. The summed E-state index contributed by atoms with van der Waals surface area (Å²) >= 11 is 0. The molecule has 1 aromatic rings. The molecular formula is C13H16F3N. The Labute approximate surface area is 99.1 Å². The van der Waals surface area contributed by atoms with Crippen molar-refractivity contribution in [1.29, 1.82) is 0 Å². The van der Waals surface area contributed by atoms with Crippen LogP contribution < -0.4 is 0 Å². The van der Waals surface area contributed by atoms with Gasteiger partial charge in [0.25, 0.3) is 5.95 Å². The molecule has 17 heavy (non-hydrogen) atoms. The molecule has 1 aromatic heterocycles. The van der Waals surface area contributed by atoms with E-state index in [-0.39, 0.29) is 11.5 Å².